The smallest absolute Gasteiger partial charge is 0.265 e. The van der Waals surface area contributed by atoms with E-state index in [1.54, 1.807) is 54.5 Å². The van der Waals surface area contributed by atoms with Crippen molar-refractivity contribution in [1.29, 1.82) is 0 Å². The molecule has 0 bridgehead atoms. The van der Waals surface area contributed by atoms with Gasteiger partial charge in [-0.15, -0.1) is 11.8 Å². The number of ether oxygens (including phenoxy) is 1. The van der Waals surface area contributed by atoms with Gasteiger partial charge in [-0.05, 0) is 56.3 Å². The van der Waals surface area contributed by atoms with Crippen LogP contribution < -0.4 is 10.1 Å². The first-order valence-corrected chi connectivity index (χ1v) is 9.74. The van der Waals surface area contributed by atoms with Crippen LogP contribution >= 0.6 is 23.4 Å². The van der Waals surface area contributed by atoms with E-state index in [1.807, 2.05) is 13.8 Å². The molecule has 1 spiro atoms. The quantitative estimate of drug-likeness (QED) is 0.820. The molecule has 140 valence electrons. The molecular weight excluding hydrogens is 384 g/mol. The lowest BCUT2D eigenvalue weighted by atomic mass is 10.0. The fourth-order valence-corrected chi connectivity index (χ4v) is 5.53. The van der Waals surface area contributed by atoms with Crippen LogP contribution in [0, 0.1) is 0 Å². The molecule has 1 N–H and O–H groups in total. The van der Waals surface area contributed by atoms with E-state index in [4.69, 9.17) is 16.3 Å². The van der Waals surface area contributed by atoms with E-state index in [-0.39, 0.29) is 16.6 Å². The number of benzene rings is 2. The number of methoxy groups -OCH3 is 1. The summed E-state index contributed by atoms with van der Waals surface area (Å²) in [5.74, 6) is 0.268. The lowest BCUT2D eigenvalue weighted by molar-refractivity contribution is -0.121. The normalized spacial score (nSPS) is 22.7. The molecule has 2 heterocycles. The minimum absolute atomic E-state index is 0.196. The van der Waals surface area contributed by atoms with Gasteiger partial charge in [0.15, 0.2) is 4.87 Å². The molecule has 2 aliphatic rings. The van der Waals surface area contributed by atoms with E-state index in [9.17, 15) is 9.59 Å². The van der Waals surface area contributed by atoms with Crippen molar-refractivity contribution in [3.05, 3.63) is 58.6 Å². The van der Waals surface area contributed by atoms with Crippen LogP contribution in [0.3, 0.4) is 0 Å². The van der Waals surface area contributed by atoms with Gasteiger partial charge >= 0.3 is 0 Å². The summed E-state index contributed by atoms with van der Waals surface area (Å²) in [5, 5.41) is 3.45. The number of nitrogens with one attached hydrogen (secondary N) is 1. The van der Waals surface area contributed by atoms with Crippen molar-refractivity contribution in [1.82, 2.24) is 4.90 Å². The predicted octanol–water partition coefficient (Wildman–Crippen LogP) is 4.12. The van der Waals surface area contributed by atoms with Crippen LogP contribution in [-0.4, -0.2) is 35.1 Å². The average Bonchev–Trinajstić information content (AvgIpc) is 3.08. The van der Waals surface area contributed by atoms with Crippen LogP contribution in [0.25, 0.3) is 0 Å². The molecule has 2 aromatic carbocycles. The third kappa shape index (κ3) is 2.78. The summed E-state index contributed by atoms with van der Waals surface area (Å²) in [6, 6.07) is 12.2. The average molecular weight is 403 g/mol. The summed E-state index contributed by atoms with van der Waals surface area (Å²) < 4.78 is 4.88. The highest BCUT2D eigenvalue weighted by molar-refractivity contribution is 8.02. The maximum absolute atomic E-state index is 13.4. The van der Waals surface area contributed by atoms with Gasteiger partial charge in [-0.3, -0.25) is 9.59 Å². The fourth-order valence-electron chi connectivity index (χ4n) is 3.69. The zero-order valence-corrected chi connectivity index (χ0v) is 16.8. The van der Waals surface area contributed by atoms with E-state index in [2.05, 4.69) is 5.32 Å². The van der Waals surface area contributed by atoms with Crippen LogP contribution in [0.15, 0.2) is 42.5 Å². The summed E-state index contributed by atoms with van der Waals surface area (Å²) in [6.07, 6.45) is 0. The minimum atomic E-state index is -1.12. The molecule has 0 aromatic heterocycles. The topological polar surface area (TPSA) is 58.6 Å². The Hall–Kier alpha value is -2.18. The van der Waals surface area contributed by atoms with Gasteiger partial charge in [0.1, 0.15) is 5.75 Å². The van der Waals surface area contributed by atoms with Crippen LogP contribution in [0.5, 0.6) is 5.75 Å². The maximum Gasteiger partial charge on any atom is 0.265 e. The number of carbonyl (C=O) groups excluding carboxylic acids is 2. The van der Waals surface area contributed by atoms with Crippen molar-refractivity contribution in [3.8, 4) is 5.75 Å². The Bertz CT molecular complexity index is 945. The van der Waals surface area contributed by atoms with Gasteiger partial charge in [-0.1, -0.05) is 11.6 Å². The Kier molecular flexibility index (Phi) is 4.16. The highest BCUT2D eigenvalue weighted by Gasteiger charge is 2.61. The molecule has 0 aliphatic carbocycles. The van der Waals surface area contributed by atoms with Crippen LogP contribution in [0.1, 0.15) is 29.8 Å². The molecule has 5 nitrogen and oxygen atoms in total. The van der Waals surface area contributed by atoms with E-state index >= 15 is 0 Å². The summed E-state index contributed by atoms with van der Waals surface area (Å²) in [5.41, 5.74) is 1.94. The van der Waals surface area contributed by atoms with Crippen molar-refractivity contribution >= 4 is 40.9 Å². The zero-order valence-electron chi connectivity index (χ0n) is 15.2. The first-order valence-electron chi connectivity index (χ1n) is 8.54. The molecule has 1 saturated heterocycles. The van der Waals surface area contributed by atoms with Gasteiger partial charge in [0.2, 0.25) is 0 Å². The molecule has 4 rings (SSSR count). The Morgan fingerprint density at radius 1 is 1.22 bits per heavy atom. The van der Waals surface area contributed by atoms with E-state index < -0.39 is 4.87 Å². The first-order chi connectivity index (χ1) is 12.8. The van der Waals surface area contributed by atoms with Gasteiger partial charge in [-0.25, -0.2) is 0 Å². The number of fused-ring (bicyclic) bond motifs is 2. The lowest BCUT2D eigenvalue weighted by Gasteiger charge is -2.32. The molecule has 1 atom stereocenters. The van der Waals surface area contributed by atoms with Crippen LogP contribution in [-0.2, 0) is 9.67 Å². The summed E-state index contributed by atoms with van der Waals surface area (Å²) in [4.78, 5) is 27.0. The summed E-state index contributed by atoms with van der Waals surface area (Å²) >= 11 is 7.70. The fraction of sp³-hybridized carbons (Fsp3) is 0.300. The number of carbonyl (C=O) groups is 2. The predicted molar refractivity (Wildman–Crippen MR) is 107 cm³/mol. The molecule has 2 aromatic rings. The molecule has 1 fully saturated rings. The zero-order chi connectivity index (χ0) is 19.4. The van der Waals surface area contributed by atoms with Gasteiger partial charge in [0, 0.05) is 33.1 Å². The molecular formula is C20H19ClN2O3S. The Morgan fingerprint density at radius 2 is 1.93 bits per heavy atom. The molecule has 2 amide bonds. The third-order valence-electron chi connectivity index (χ3n) is 4.83. The van der Waals surface area contributed by atoms with E-state index in [0.29, 0.717) is 28.6 Å². The first kappa shape index (κ1) is 18.2. The second kappa shape index (κ2) is 6.17. The van der Waals surface area contributed by atoms with Gasteiger partial charge in [-0.2, -0.15) is 0 Å². The number of thioether (sulfide) groups is 1. The van der Waals surface area contributed by atoms with Crippen molar-refractivity contribution in [2.75, 3.05) is 19.0 Å². The number of anilines is 1. The number of nitrogens with zero attached hydrogens (tertiary/aromatic N) is 1. The van der Waals surface area contributed by atoms with Gasteiger partial charge in [0.25, 0.3) is 11.8 Å². The molecule has 0 radical (unpaired) electrons. The van der Waals surface area contributed by atoms with Crippen LogP contribution in [0.4, 0.5) is 5.69 Å². The number of hydrogen-bond acceptors (Lipinski definition) is 4. The number of rotatable bonds is 2. The number of hydrogen-bond donors (Lipinski definition) is 1. The Balaban J connectivity index is 1.83. The molecule has 0 unspecified atom stereocenters. The van der Waals surface area contributed by atoms with Crippen molar-refractivity contribution < 1.29 is 14.3 Å². The third-order valence-corrected chi connectivity index (χ3v) is 6.67. The Labute approximate surface area is 167 Å². The molecule has 2 aliphatic heterocycles. The maximum atomic E-state index is 13.4. The molecule has 27 heavy (non-hydrogen) atoms. The number of halogens is 1. The van der Waals surface area contributed by atoms with E-state index in [0.717, 1.165) is 5.56 Å². The van der Waals surface area contributed by atoms with Crippen molar-refractivity contribution in [2.45, 2.75) is 23.5 Å². The van der Waals surface area contributed by atoms with Crippen molar-refractivity contribution in [3.63, 3.8) is 0 Å². The molecule has 0 saturated carbocycles. The highest BCUT2D eigenvalue weighted by atomic mass is 35.5. The summed E-state index contributed by atoms with van der Waals surface area (Å²) in [7, 11) is 1.58. The second-order valence-electron chi connectivity index (χ2n) is 7.27. The molecule has 7 heteroatoms. The van der Waals surface area contributed by atoms with Crippen molar-refractivity contribution in [2.24, 2.45) is 0 Å². The van der Waals surface area contributed by atoms with Crippen LogP contribution in [0.2, 0.25) is 5.02 Å². The monoisotopic (exact) mass is 402 g/mol. The SMILES string of the molecule is COc1ccc(C(=O)N2CC(C)(C)S[C@]23C(=O)Nc2ccc(Cl)cc23)cc1. The largest absolute Gasteiger partial charge is 0.497 e. The van der Waals surface area contributed by atoms with Gasteiger partial charge in [0.05, 0.1) is 7.11 Å². The standard InChI is InChI=1S/C20H19ClN2O3S/c1-19(2)11-23(17(24)12-4-7-14(26-3)8-5-12)20(27-19)15-10-13(21)6-9-16(15)22-18(20)25/h4-10H,11H2,1-3H3,(H,22,25)/t20-/m1/s1. The second-order valence-corrected chi connectivity index (χ2v) is 9.61. The van der Waals surface area contributed by atoms with E-state index in [1.165, 1.54) is 11.8 Å². The highest BCUT2D eigenvalue weighted by Crippen LogP contribution is 2.58. The van der Waals surface area contributed by atoms with Gasteiger partial charge < -0.3 is 15.0 Å². The summed E-state index contributed by atoms with van der Waals surface area (Å²) in [6.45, 7) is 4.52. The lowest BCUT2D eigenvalue weighted by Crippen LogP contribution is -2.48. The Morgan fingerprint density at radius 3 is 2.59 bits per heavy atom. The minimum Gasteiger partial charge on any atom is -0.497 e. The number of amides is 2.